The molecule has 1 saturated carbocycles. The van der Waals surface area contributed by atoms with Gasteiger partial charge in [-0.05, 0) is 36.6 Å². The number of alkyl halides is 3. The van der Waals surface area contributed by atoms with Crippen molar-refractivity contribution in [2.24, 2.45) is 5.10 Å². The molecule has 0 saturated heterocycles. The lowest BCUT2D eigenvalue weighted by molar-refractivity contribution is -0.137. The first-order chi connectivity index (χ1) is 10.8. The van der Waals surface area contributed by atoms with E-state index < -0.39 is 11.7 Å². The van der Waals surface area contributed by atoms with E-state index in [1.165, 1.54) is 30.5 Å². The molecule has 3 nitrogen and oxygen atoms in total. The number of hydrogen-bond donors (Lipinski definition) is 0. The minimum atomic E-state index is -4.44. The number of rotatable bonds is 3. The number of benzene rings is 1. The first-order valence-corrected chi connectivity index (χ1v) is 7.11. The number of halogens is 3. The zero-order chi connectivity index (χ0) is 17.0. The van der Waals surface area contributed by atoms with Crippen LogP contribution in [-0.4, -0.2) is 31.1 Å². The second-order valence-corrected chi connectivity index (χ2v) is 5.39. The van der Waals surface area contributed by atoms with Crippen LogP contribution in [0.4, 0.5) is 13.2 Å². The van der Waals surface area contributed by atoms with E-state index >= 15 is 0 Å². The molecule has 0 N–H and O–H groups in total. The average Bonchev–Trinajstić information content (AvgIpc) is 2.79. The van der Waals surface area contributed by atoms with E-state index in [0.29, 0.717) is 24.0 Å². The molecule has 0 aliphatic heterocycles. The summed E-state index contributed by atoms with van der Waals surface area (Å²) >= 11 is 0. The number of ketones is 1. The molecule has 0 heterocycles. The smallest absolute Gasteiger partial charge is 0.303 e. The van der Waals surface area contributed by atoms with E-state index in [9.17, 15) is 18.0 Å². The predicted octanol–water partition coefficient (Wildman–Crippen LogP) is 3.93. The van der Waals surface area contributed by atoms with Crippen LogP contribution in [0.1, 0.15) is 24.0 Å². The van der Waals surface area contributed by atoms with Crippen molar-refractivity contribution in [3.63, 3.8) is 0 Å². The largest absolute Gasteiger partial charge is 0.416 e. The van der Waals surface area contributed by atoms with Gasteiger partial charge >= 0.3 is 6.18 Å². The first kappa shape index (κ1) is 17.0. The third-order valence-corrected chi connectivity index (χ3v) is 3.42. The molecule has 0 spiro atoms. The summed E-state index contributed by atoms with van der Waals surface area (Å²) in [5.74, 6) is -0.216. The molecule has 1 aliphatic rings. The third-order valence-electron chi connectivity index (χ3n) is 3.42. The number of hydrogen-bond acceptors (Lipinski definition) is 3. The van der Waals surface area contributed by atoms with E-state index in [4.69, 9.17) is 0 Å². The van der Waals surface area contributed by atoms with Crippen LogP contribution in [0.2, 0.25) is 0 Å². The van der Waals surface area contributed by atoms with Gasteiger partial charge in [0.2, 0.25) is 0 Å². The van der Waals surface area contributed by atoms with E-state index in [2.05, 4.69) is 5.10 Å². The summed E-state index contributed by atoms with van der Waals surface area (Å²) in [6.07, 6.45) is 0.977. The maximum atomic E-state index is 13.0. The quantitative estimate of drug-likeness (QED) is 0.480. The molecule has 0 atom stereocenters. The molecule has 0 bridgehead atoms. The highest BCUT2D eigenvalue weighted by Crippen LogP contribution is 2.34. The Morgan fingerprint density at radius 3 is 2.43 bits per heavy atom. The molecule has 0 unspecified atom stereocenters. The monoisotopic (exact) mass is 322 g/mol. The van der Waals surface area contributed by atoms with Crippen molar-refractivity contribution in [3.05, 3.63) is 52.6 Å². The Bertz CT molecular complexity index is 685. The Morgan fingerprint density at radius 2 is 1.78 bits per heavy atom. The van der Waals surface area contributed by atoms with Crippen LogP contribution in [0.5, 0.6) is 0 Å². The van der Waals surface area contributed by atoms with Crippen LogP contribution in [0.15, 0.2) is 46.6 Å². The van der Waals surface area contributed by atoms with Crippen molar-refractivity contribution in [2.75, 3.05) is 14.1 Å². The zero-order valence-corrected chi connectivity index (χ0v) is 12.9. The average molecular weight is 322 g/mol. The van der Waals surface area contributed by atoms with Crippen LogP contribution in [0, 0.1) is 0 Å². The lowest BCUT2D eigenvalue weighted by atomic mass is 10.0. The van der Waals surface area contributed by atoms with Crippen LogP contribution in [0.25, 0.3) is 6.08 Å². The molecule has 1 aliphatic carbocycles. The Balaban J connectivity index is 2.28. The molecule has 23 heavy (non-hydrogen) atoms. The van der Waals surface area contributed by atoms with Gasteiger partial charge in [-0.15, -0.1) is 0 Å². The molecule has 1 aromatic carbocycles. The minimum Gasteiger partial charge on any atom is -0.303 e. The van der Waals surface area contributed by atoms with Gasteiger partial charge in [0.15, 0.2) is 5.78 Å². The highest BCUT2D eigenvalue weighted by molar-refractivity contribution is 6.14. The predicted molar refractivity (Wildman–Crippen MR) is 83.9 cm³/mol. The molecule has 0 aromatic heterocycles. The van der Waals surface area contributed by atoms with Gasteiger partial charge in [0.25, 0.3) is 0 Å². The fraction of sp³-hybridized carbons (Fsp3) is 0.294. The normalized spacial score (nSPS) is 19.3. The first-order valence-electron chi connectivity index (χ1n) is 7.11. The Hall–Kier alpha value is -2.37. The lowest BCUT2D eigenvalue weighted by Gasteiger charge is -2.10. The number of Topliss-reactive ketones (excluding diaryl/α,β-unsaturated/α-hetero) is 1. The van der Waals surface area contributed by atoms with Crippen molar-refractivity contribution in [2.45, 2.75) is 19.0 Å². The van der Waals surface area contributed by atoms with Crippen molar-refractivity contribution in [1.82, 2.24) is 5.01 Å². The summed E-state index contributed by atoms with van der Waals surface area (Å²) in [6, 6.07) is 5.26. The van der Waals surface area contributed by atoms with E-state index in [-0.39, 0.29) is 11.3 Å². The highest BCUT2D eigenvalue weighted by Gasteiger charge is 2.33. The Kier molecular flexibility index (Phi) is 5.03. The second-order valence-electron chi connectivity index (χ2n) is 5.39. The maximum absolute atomic E-state index is 13.0. The highest BCUT2D eigenvalue weighted by atomic mass is 19.4. The van der Waals surface area contributed by atoms with Gasteiger partial charge in [-0.2, -0.15) is 18.3 Å². The summed E-state index contributed by atoms with van der Waals surface area (Å²) in [5.41, 5.74) is 0.246. The Morgan fingerprint density at radius 1 is 1.13 bits per heavy atom. The maximum Gasteiger partial charge on any atom is 0.416 e. The summed E-state index contributed by atoms with van der Waals surface area (Å²) in [6.45, 7) is 0. The van der Waals surface area contributed by atoms with Crippen molar-refractivity contribution >= 4 is 18.1 Å². The fourth-order valence-electron chi connectivity index (χ4n) is 2.32. The minimum absolute atomic E-state index is 0.0200. The topological polar surface area (TPSA) is 32.7 Å². The number of carbonyl (C=O) groups is 1. The number of hydrazone groups is 1. The zero-order valence-electron chi connectivity index (χ0n) is 12.9. The van der Waals surface area contributed by atoms with Gasteiger partial charge in [0.05, 0.1) is 5.56 Å². The van der Waals surface area contributed by atoms with Crippen molar-refractivity contribution in [3.8, 4) is 0 Å². The third kappa shape index (κ3) is 4.31. The summed E-state index contributed by atoms with van der Waals surface area (Å²) in [4.78, 5) is 12.3. The second kappa shape index (κ2) is 6.81. The standard InChI is InChI=1S/C17H17F3N2O/c1-22(2)21-10-9-12-7-8-14(16(12)23)11-13-5-3-4-6-15(13)17(18,19)20/h3-6,9-11H,7-8H2,1-2H3/b12-9?,14-11-,21-10?. The van der Waals surface area contributed by atoms with E-state index in [0.717, 1.165) is 6.07 Å². The van der Waals surface area contributed by atoms with Gasteiger partial charge in [-0.3, -0.25) is 4.79 Å². The number of allylic oxidation sites excluding steroid dienone is 3. The molecular weight excluding hydrogens is 305 g/mol. The summed E-state index contributed by atoms with van der Waals surface area (Å²) in [5, 5.41) is 5.58. The van der Waals surface area contributed by atoms with E-state index in [1.54, 1.807) is 25.2 Å². The number of nitrogens with zero attached hydrogens (tertiary/aromatic N) is 2. The van der Waals surface area contributed by atoms with Crippen LogP contribution < -0.4 is 0 Å². The van der Waals surface area contributed by atoms with Gasteiger partial charge in [0.1, 0.15) is 0 Å². The van der Waals surface area contributed by atoms with Gasteiger partial charge in [-0.25, -0.2) is 0 Å². The molecule has 6 heteroatoms. The molecule has 2 rings (SSSR count). The molecule has 1 fully saturated rings. The Labute approximate surface area is 132 Å². The van der Waals surface area contributed by atoms with Crippen LogP contribution >= 0.6 is 0 Å². The molecule has 0 radical (unpaired) electrons. The molecule has 0 amide bonds. The fourth-order valence-corrected chi connectivity index (χ4v) is 2.32. The molecule has 1 aromatic rings. The lowest BCUT2D eigenvalue weighted by Crippen LogP contribution is -2.07. The number of carbonyl (C=O) groups excluding carboxylic acids is 1. The van der Waals surface area contributed by atoms with Crippen molar-refractivity contribution < 1.29 is 18.0 Å². The van der Waals surface area contributed by atoms with Crippen molar-refractivity contribution in [1.29, 1.82) is 0 Å². The van der Waals surface area contributed by atoms with Gasteiger partial charge in [0, 0.05) is 31.5 Å². The molecule has 122 valence electrons. The van der Waals surface area contributed by atoms with Crippen LogP contribution in [0.3, 0.4) is 0 Å². The van der Waals surface area contributed by atoms with E-state index in [1.807, 2.05) is 0 Å². The van der Waals surface area contributed by atoms with Crippen LogP contribution in [-0.2, 0) is 11.0 Å². The summed E-state index contributed by atoms with van der Waals surface area (Å²) < 4.78 is 39.0. The van der Waals surface area contributed by atoms with Gasteiger partial charge < -0.3 is 5.01 Å². The van der Waals surface area contributed by atoms with Gasteiger partial charge in [-0.1, -0.05) is 18.2 Å². The SMILES string of the molecule is CN(C)N=CC=C1CC/C(=C/c2ccccc2C(F)(F)F)C1=O. The molecular formula is C17H17F3N2O. The summed E-state index contributed by atoms with van der Waals surface area (Å²) in [7, 11) is 3.51.